The van der Waals surface area contributed by atoms with E-state index in [-0.39, 0.29) is 5.69 Å². The molecule has 0 bridgehead atoms. The van der Waals surface area contributed by atoms with Crippen molar-refractivity contribution in [2.75, 3.05) is 18.0 Å². The Morgan fingerprint density at radius 1 is 1.12 bits per heavy atom. The molecule has 1 heterocycles. The number of nitrogens with zero attached hydrogens (tertiary/aromatic N) is 3. The van der Waals surface area contributed by atoms with E-state index in [4.69, 9.17) is 5.73 Å². The third-order valence-corrected chi connectivity index (χ3v) is 3.91. The molecule has 0 unspecified atom stereocenters. The number of amides is 1. The second-order valence-electron chi connectivity index (χ2n) is 6.27. The van der Waals surface area contributed by atoms with Crippen molar-refractivity contribution in [2.24, 2.45) is 11.7 Å². The Kier molecular flexibility index (Phi) is 5.90. The van der Waals surface area contributed by atoms with Crippen LogP contribution in [0, 0.1) is 5.92 Å². The van der Waals surface area contributed by atoms with Gasteiger partial charge in [0.15, 0.2) is 0 Å². The summed E-state index contributed by atoms with van der Waals surface area (Å²) in [6.07, 6.45) is 1.04. The van der Waals surface area contributed by atoms with Crippen LogP contribution < -0.4 is 10.6 Å². The summed E-state index contributed by atoms with van der Waals surface area (Å²) < 4.78 is 0. The Bertz CT molecular complexity index is 691. The highest BCUT2D eigenvalue weighted by atomic mass is 16.1. The third-order valence-electron chi connectivity index (χ3n) is 3.91. The summed E-state index contributed by atoms with van der Waals surface area (Å²) in [4.78, 5) is 22.6. The van der Waals surface area contributed by atoms with Crippen LogP contribution in [0.3, 0.4) is 0 Å². The van der Waals surface area contributed by atoms with Gasteiger partial charge in [-0.15, -0.1) is 0 Å². The summed E-state index contributed by atoms with van der Waals surface area (Å²) in [5.41, 5.74) is 8.66. The minimum atomic E-state index is -0.538. The minimum absolute atomic E-state index is 0.244. The third kappa shape index (κ3) is 4.31. The van der Waals surface area contributed by atoms with Crippen molar-refractivity contribution in [1.82, 2.24) is 9.97 Å². The average molecular weight is 326 g/mol. The molecule has 2 rings (SSSR count). The monoisotopic (exact) mass is 326 g/mol. The highest BCUT2D eigenvalue weighted by molar-refractivity contribution is 5.92. The highest BCUT2D eigenvalue weighted by Crippen LogP contribution is 2.22. The van der Waals surface area contributed by atoms with E-state index in [9.17, 15) is 4.79 Å². The van der Waals surface area contributed by atoms with Gasteiger partial charge in [-0.3, -0.25) is 4.79 Å². The zero-order valence-electron chi connectivity index (χ0n) is 14.9. The van der Waals surface area contributed by atoms with Crippen molar-refractivity contribution < 1.29 is 4.79 Å². The van der Waals surface area contributed by atoms with E-state index < -0.39 is 5.91 Å². The Hall–Kier alpha value is -2.43. The van der Waals surface area contributed by atoms with Gasteiger partial charge in [0, 0.05) is 18.7 Å². The Morgan fingerprint density at radius 2 is 1.75 bits per heavy atom. The predicted octanol–water partition coefficient (Wildman–Crippen LogP) is 3.29. The van der Waals surface area contributed by atoms with Crippen molar-refractivity contribution in [2.45, 2.75) is 34.1 Å². The summed E-state index contributed by atoms with van der Waals surface area (Å²) in [7, 11) is 0. The van der Waals surface area contributed by atoms with Gasteiger partial charge in [-0.25, -0.2) is 9.97 Å². The highest BCUT2D eigenvalue weighted by Gasteiger charge is 2.14. The van der Waals surface area contributed by atoms with Crippen LogP contribution >= 0.6 is 0 Å². The number of rotatable bonds is 7. The normalized spacial score (nSPS) is 10.9. The number of benzene rings is 1. The smallest absolute Gasteiger partial charge is 0.267 e. The first-order chi connectivity index (χ1) is 11.4. The summed E-state index contributed by atoms with van der Waals surface area (Å²) >= 11 is 0. The van der Waals surface area contributed by atoms with Gasteiger partial charge in [-0.1, -0.05) is 38.1 Å². The zero-order valence-corrected chi connectivity index (χ0v) is 14.9. The van der Waals surface area contributed by atoms with Crippen LogP contribution in [0.5, 0.6) is 0 Å². The molecule has 0 aliphatic rings. The summed E-state index contributed by atoms with van der Waals surface area (Å²) in [5.74, 6) is 0.617. The van der Waals surface area contributed by atoms with Crippen molar-refractivity contribution in [1.29, 1.82) is 0 Å². The van der Waals surface area contributed by atoms with Crippen molar-refractivity contribution in [3.05, 3.63) is 41.6 Å². The Morgan fingerprint density at radius 3 is 2.25 bits per heavy atom. The van der Waals surface area contributed by atoms with Gasteiger partial charge in [0.05, 0.1) is 5.69 Å². The van der Waals surface area contributed by atoms with Crippen molar-refractivity contribution >= 4 is 11.9 Å². The number of hydrogen-bond acceptors (Lipinski definition) is 4. The van der Waals surface area contributed by atoms with Gasteiger partial charge in [0.1, 0.15) is 5.69 Å². The lowest BCUT2D eigenvalue weighted by atomic mass is 10.0. The molecule has 5 heteroatoms. The molecule has 1 aromatic carbocycles. The van der Waals surface area contributed by atoms with Crippen LogP contribution in [0.2, 0.25) is 0 Å². The molecule has 1 aromatic heterocycles. The van der Waals surface area contributed by atoms with E-state index in [1.807, 2.05) is 30.9 Å². The fourth-order valence-corrected chi connectivity index (χ4v) is 2.64. The van der Waals surface area contributed by atoms with E-state index in [0.29, 0.717) is 11.9 Å². The molecule has 0 aliphatic carbocycles. The number of carbonyl (C=O) groups is 1. The molecule has 5 nitrogen and oxygen atoms in total. The lowest BCUT2D eigenvalue weighted by Crippen LogP contribution is -2.26. The van der Waals surface area contributed by atoms with Gasteiger partial charge >= 0.3 is 0 Å². The number of hydrogen-bond donors (Lipinski definition) is 1. The van der Waals surface area contributed by atoms with Crippen molar-refractivity contribution in [3.63, 3.8) is 0 Å². The van der Waals surface area contributed by atoms with E-state index >= 15 is 0 Å². The van der Waals surface area contributed by atoms with Gasteiger partial charge in [0.25, 0.3) is 5.91 Å². The molecular weight excluding hydrogens is 300 g/mol. The number of nitrogens with two attached hydrogens (primary N) is 1. The predicted molar refractivity (Wildman–Crippen MR) is 98.1 cm³/mol. The molecule has 0 saturated heterocycles. The van der Waals surface area contributed by atoms with Gasteiger partial charge in [-0.05, 0) is 37.8 Å². The molecule has 0 radical (unpaired) electrons. The first-order valence-electron chi connectivity index (χ1n) is 8.47. The molecular formula is C19H26N4O. The molecule has 2 aromatic rings. The van der Waals surface area contributed by atoms with Crippen LogP contribution in [-0.2, 0) is 6.42 Å². The lowest BCUT2D eigenvalue weighted by Gasteiger charge is -2.19. The van der Waals surface area contributed by atoms with Crippen molar-refractivity contribution in [3.8, 4) is 11.3 Å². The van der Waals surface area contributed by atoms with E-state index in [1.165, 1.54) is 5.56 Å². The standard InChI is InChI=1S/C19H26N4O/c1-5-23(6-2)19-21-16(12-17(22-19)18(20)24)15-9-7-14(8-10-15)11-13(3)4/h7-10,12-13H,5-6,11H2,1-4H3,(H2,20,24). The van der Waals surface area contributed by atoms with Crippen LogP contribution in [0.1, 0.15) is 43.7 Å². The molecule has 128 valence electrons. The lowest BCUT2D eigenvalue weighted by molar-refractivity contribution is 0.0995. The number of carbonyl (C=O) groups excluding carboxylic acids is 1. The Balaban J connectivity index is 2.43. The first kappa shape index (κ1) is 17.9. The van der Waals surface area contributed by atoms with Gasteiger partial charge < -0.3 is 10.6 Å². The zero-order chi connectivity index (χ0) is 17.7. The van der Waals surface area contributed by atoms with E-state index in [0.717, 1.165) is 30.8 Å². The van der Waals surface area contributed by atoms with Gasteiger partial charge in [-0.2, -0.15) is 0 Å². The maximum Gasteiger partial charge on any atom is 0.267 e. The molecule has 0 saturated carbocycles. The molecule has 2 N–H and O–H groups in total. The average Bonchev–Trinajstić information content (AvgIpc) is 2.56. The topological polar surface area (TPSA) is 72.1 Å². The minimum Gasteiger partial charge on any atom is -0.364 e. The van der Waals surface area contributed by atoms with Gasteiger partial charge in [0.2, 0.25) is 5.95 Å². The maximum absolute atomic E-state index is 11.6. The second kappa shape index (κ2) is 7.90. The van der Waals surface area contributed by atoms with Crippen LogP contribution in [0.25, 0.3) is 11.3 Å². The van der Waals surface area contributed by atoms with E-state index in [2.05, 4.69) is 35.9 Å². The summed E-state index contributed by atoms with van der Waals surface area (Å²) in [6.45, 7) is 10.0. The SMILES string of the molecule is CCN(CC)c1nc(C(N)=O)cc(-c2ccc(CC(C)C)cc2)n1. The second-order valence-corrected chi connectivity index (χ2v) is 6.27. The number of aromatic nitrogens is 2. The number of anilines is 1. The maximum atomic E-state index is 11.6. The molecule has 24 heavy (non-hydrogen) atoms. The summed E-state index contributed by atoms with van der Waals surface area (Å²) in [6, 6.07) is 9.96. The largest absolute Gasteiger partial charge is 0.364 e. The van der Waals surface area contributed by atoms with Crippen LogP contribution in [0.4, 0.5) is 5.95 Å². The molecule has 0 fully saturated rings. The molecule has 1 amide bonds. The van der Waals surface area contributed by atoms with Crippen LogP contribution in [-0.4, -0.2) is 29.0 Å². The molecule has 0 aliphatic heterocycles. The van der Waals surface area contributed by atoms with Crippen LogP contribution in [0.15, 0.2) is 30.3 Å². The fourth-order valence-electron chi connectivity index (χ4n) is 2.64. The molecule has 0 spiro atoms. The number of primary amides is 1. The summed E-state index contributed by atoms with van der Waals surface area (Å²) in [5, 5.41) is 0. The fraction of sp³-hybridized carbons (Fsp3) is 0.421. The molecule has 0 atom stereocenters. The Labute approximate surface area is 143 Å². The van der Waals surface area contributed by atoms with E-state index in [1.54, 1.807) is 6.07 Å². The first-order valence-corrected chi connectivity index (χ1v) is 8.47. The quantitative estimate of drug-likeness (QED) is 0.847.